The summed E-state index contributed by atoms with van der Waals surface area (Å²) in [6.07, 6.45) is 17.4. The van der Waals surface area contributed by atoms with Crippen LogP contribution in [-0.4, -0.2) is 50.2 Å². The number of carbonyl (C=O) groups excluding carboxylic acids is 2. The van der Waals surface area contributed by atoms with Crippen LogP contribution in [-0.2, 0) is 14.3 Å². The molecule has 0 fully saturated rings. The van der Waals surface area contributed by atoms with E-state index in [-0.39, 0.29) is 12.4 Å². The highest BCUT2D eigenvalue weighted by molar-refractivity contribution is 5.70. The summed E-state index contributed by atoms with van der Waals surface area (Å²) in [7, 11) is 5.84. The molecule has 0 aliphatic carbocycles. The van der Waals surface area contributed by atoms with Gasteiger partial charge in [0.25, 0.3) is 0 Å². The normalized spacial score (nSPS) is 12.7. The second-order valence-corrected chi connectivity index (χ2v) is 9.51. The quantitative estimate of drug-likeness (QED) is 0.166. The summed E-state index contributed by atoms with van der Waals surface area (Å²) in [5, 5.41) is 10.9. The molecule has 0 aromatic carbocycles. The molecule has 5 heteroatoms. The van der Waals surface area contributed by atoms with Crippen LogP contribution in [0.3, 0.4) is 0 Å². The van der Waals surface area contributed by atoms with E-state index in [0.717, 1.165) is 19.3 Å². The Labute approximate surface area is 179 Å². The highest BCUT2D eigenvalue weighted by atomic mass is 16.5. The van der Waals surface area contributed by atoms with Crippen LogP contribution in [0.5, 0.6) is 0 Å². The van der Waals surface area contributed by atoms with Crippen molar-refractivity contribution in [1.29, 1.82) is 0 Å². The van der Waals surface area contributed by atoms with Crippen LogP contribution in [0.1, 0.15) is 110 Å². The van der Waals surface area contributed by atoms with E-state index in [4.69, 9.17) is 4.74 Å². The average Bonchev–Trinajstić information content (AvgIpc) is 2.60. The van der Waals surface area contributed by atoms with Gasteiger partial charge in [-0.25, -0.2) is 0 Å². The average molecular weight is 414 g/mol. The minimum absolute atomic E-state index is 0.236. The molecule has 0 heterocycles. The number of unbranched alkanes of at least 4 members (excludes halogenated alkanes) is 13. The first-order valence-corrected chi connectivity index (χ1v) is 11.9. The van der Waals surface area contributed by atoms with Crippen molar-refractivity contribution < 1.29 is 23.9 Å². The number of quaternary nitrogens is 1. The molecule has 1 atom stereocenters. The van der Waals surface area contributed by atoms with E-state index >= 15 is 0 Å². The van der Waals surface area contributed by atoms with Crippen molar-refractivity contribution in [3.63, 3.8) is 0 Å². The molecular weight excluding hydrogens is 366 g/mol. The lowest BCUT2D eigenvalue weighted by atomic mass is 10.0. The molecule has 0 rings (SSSR count). The minimum atomic E-state index is -1.17. The van der Waals surface area contributed by atoms with Gasteiger partial charge in [0.15, 0.2) is 6.10 Å². The number of nitrogens with zero attached hydrogens (tertiary/aromatic N) is 1. The van der Waals surface area contributed by atoms with Gasteiger partial charge in [0, 0.05) is 18.8 Å². The van der Waals surface area contributed by atoms with Gasteiger partial charge in [-0.1, -0.05) is 90.4 Å². The lowest BCUT2D eigenvalue weighted by Gasteiger charge is -2.29. The maximum absolute atomic E-state index is 12.0. The first-order valence-electron chi connectivity index (χ1n) is 11.9. The van der Waals surface area contributed by atoms with Gasteiger partial charge in [0.05, 0.1) is 21.1 Å². The van der Waals surface area contributed by atoms with Gasteiger partial charge in [-0.3, -0.25) is 4.79 Å². The lowest BCUT2D eigenvalue weighted by molar-refractivity contribution is -0.873. The Bertz CT molecular complexity index is 418. The standard InChI is InChI=1S/C24H47NO4/c1-5-6-7-8-9-10-11-12-13-14-15-16-17-18-19-24(28)29-22(20-23(26)27)21-25(2,3)4/h22H,5-21H2,1-4H3. The second-order valence-electron chi connectivity index (χ2n) is 9.51. The zero-order valence-electron chi connectivity index (χ0n) is 19.7. The molecule has 0 amide bonds. The molecule has 0 spiro atoms. The summed E-state index contributed by atoms with van der Waals surface area (Å²) in [5.41, 5.74) is 0. The van der Waals surface area contributed by atoms with Crippen LogP contribution in [0.4, 0.5) is 0 Å². The number of carboxylic acid groups (broad SMARTS) is 1. The van der Waals surface area contributed by atoms with E-state index < -0.39 is 12.1 Å². The Hall–Kier alpha value is -1.10. The molecule has 0 saturated heterocycles. The molecule has 1 unspecified atom stereocenters. The van der Waals surface area contributed by atoms with Crippen molar-refractivity contribution in [1.82, 2.24) is 0 Å². The number of carboxylic acids is 1. The maximum atomic E-state index is 12.0. The van der Waals surface area contributed by atoms with Crippen molar-refractivity contribution in [3.8, 4) is 0 Å². The predicted octanol–water partition coefficient (Wildman–Crippen LogP) is 4.62. The molecule has 172 valence electrons. The molecule has 0 aliphatic heterocycles. The van der Waals surface area contributed by atoms with Gasteiger partial charge in [0.1, 0.15) is 6.54 Å². The number of likely N-dealkylation sites (N-methyl/N-ethyl adjacent to an activating group) is 1. The molecule has 0 aliphatic rings. The fraction of sp³-hybridized carbons (Fsp3) is 0.917. The summed E-state index contributed by atoms with van der Waals surface area (Å²) >= 11 is 0. The van der Waals surface area contributed by atoms with E-state index in [9.17, 15) is 14.7 Å². The maximum Gasteiger partial charge on any atom is 0.306 e. The van der Waals surface area contributed by atoms with E-state index in [1.807, 2.05) is 21.1 Å². The van der Waals surface area contributed by atoms with Gasteiger partial charge in [0.2, 0.25) is 0 Å². The topological polar surface area (TPSA) is 66.4 Å². The molecule has 0 saturated carbocycles. The molecule has 0 radical (unpaired) electrons. The van der Waals surface area contributed by atoms with E-state index in [2.05, 4.69) is 6.92 Å². The molecule has 0 aromatic heterocycles. The van der Waals surface area contributed by atoms with Crippen LogP contribution >= 0.6 is 0 Å². The fourth-order valence-electron chi connectivity index (χ4n) is 3.65. The SMILES string of the molecule is CCCCCCCCCCCCCCCCC(=O)OC(CC(=O)[O-])C[N+](C)(C)C. The van der Waals surface area contributed by atoms with Crippen molar-refractivity contribution >= 4 is 11.9 Å². The predicted molar refractivity (Wildman–Crippen MR) is 117 cm³/mol. The molecule has 0 aromatic rings. The fourth-order valence-corrected chi connectivity index (χ4v) is 3.65. The Balaban J connectivity index is 3.59. The Morgan fingerprint density at radius 3 is 1.55 bits per heavy atom. The third-order valence-corrected chi connectivity index (χ3v) is 5.18. The van der Waals surface area contributed by atoms with Crippen LogP contribution in [0.2, 0.25) is 0 Å². The van der Waals surface area contributed by atoms with Crippen LogP contribution < -0.4 is 5.11 Å². The number of aliphatic carboxylic acids is 1. The van der Waals surface area contributed by atoms with Crippen molar-refractivity contribution in [2.24, 2.45) is 0 Å². The van der Waals surface area contributed by atoms with Crippen molar-refractivity contribution in [2.75, 3.05) is 27.7 Å². The third kappa shape index (κ3) is 21.4. The minimum Gasteiger partial charge on any atom is -0.550 e. The summed E-state index contributed by atoms with van der Waals surface area (Å²) in [6, 6.07) is 0. The zero-order valence-corrected chi connectivity index (χ0v) is 19.7. The molecule has 0 bridgehead atoms. The smallest absolute Gasteiger partial charge is 0.306 e. The zero-order chi connectivity index (χ0) is 22.0. The summed E-state index contributed by atoms with van der Waals surface area (Å²) < 4.78 is 5.92. The van der Waals surface area contributed by atoms with Gasteiger partial charge in [-0.15, -0.1) is 0 Å². The Kier molecular flexibility index (Phi) is 17.1. The van der Waals surface area contributed by atoms with Gasteiger partial charge >= 0.3 is 5.97 Å². The van der Waals surface area contributed by atoms with Crippen molar-refractivity contribution in [3.05, 3.63) is 0 Å². The van der Waals surface area contributed by atoms with Crippen molar-refractivity contribution in [2.45, 2.75) is 116 Å². The monoisotopic (exact) mass is 413 g/mol. The number of esters is 1. The van der Waals surface area contributed by atoms with E-state index in [1.54, 1.807) is 0 Å². The van der Waals surface area contributed by atoms with Crippen LogP contribution in [0.25, 0.3) is 0 Å². The number of carbonyl (C=O) groups is 2. The van der Waals surface area contributed by atoms with Crippen LogP contribution in [0, 0.1) is 0 Å². The largest absolute Gasteiger partial charge is 0.550 e. The van der Waals surface area contributed by atoms with Crippen LogP contribution in [0.15, 0.2) is 0 Å². The second kappa shape index (κ2) is 17.7. The molecule has 0 N–H and O–H groups in total. The lowest BCUT2D eigenvalue weighted by Crippen LogP contribution is -2.45. The van der Waals surface area contributed by atoms with Gasteiger partial charge < -0.3 is 19.1 Å². The summed E-state index contributed by atoms with van der Waals surface area (Å²) in [4.78, 5) is 22.9. The van der Waals surface area contributed by atoms with Gasteiger partial charge in [-0.2, -0.15) is 0 Å². The highest BCUT2D eigenvalue weighted by Gasteiger charge is 2.22. The number of hydrogen-bond acceptors (Lipinski definition) is 4. The highest BCUT2D eigenvalue weighted by Crippen LogP contribution is 2.14. The van der Waals surface area contributed by atoms with E-state index in [0.29, 0.717) is 17.4 Å². The van der Waals surface area contributed by atoms with Gasteiger partial charge in [-0.05, 0) is 6.42 Å². The molecular formula is C24H47NO4. The Morgan fingerprint density at radius 2 is 1.17 bits per heavy atom. The number of ether oxygens (including phenoxy) is 1. The number of rotatable bonds is 20. The first-order chi connectivity index (χ1) is 13.7. The molecule has 5 nitrogen and oxygen atoms in total. The summed E-state index contributed by atoms with van der Waals surface area (Å²) in [6.45, 7) is 2.73. The number of hydrogen-bond donors (Lipinski definition) is 0. The summed E-state index contributed by atoms with van der Waals surface area (Å²) in [5.74, 6) is -1.46. The molecule has 29 heavy (non-hydrogen) atoms. The third-order valence-electron chi connectivity index (χ3n) is 5.18. The van der Waals surface area contributed by atoms with E-state index in [1.165, 1.54) is 70.6 Å². The Morgan fingerprint density at radius 1 is 0.759 bits per heavy atom. The first kappa shape index (κ1) is 27.9.